The Morgan fingerprint density at radius 3 is 2.69 bits per heavy atom. The van der Waals surface area contributed by atoms with Crippen molar-refractivity contribution < 1.29 is 4.74 Å². The van der Waals surface area contributed by atoms with Gasteiger partial charge in [0.1, 0.15) is 17.8 Å². The molecule has 134 valence electrons. The number of rotatable bonds is 5. The van der Waals surface area contributed by atoms with Crippen molar-refractivity contribution in [3.63, 3.8) is 0 Å². The standard InChI is InChI=1S/C19H22N6O/c1-2-14(1)16-3-4-17(24-23-16)26-11-13-6-9-25(10-7-13)19-15-5-8-20-18(15)21-12-22-19/h3-5,8,12-14H,1-2,6-7,9-11H2,(H,20,21,22). The van der Waals surface area contributed by atoms with E-state index in [2.05, 4.69) is 36.1 Å². The fourth-order valence-electron chi connectivity index (χ4n) is 3.63. The van der Waals surface area contributed by atoms with Crippen LogP contribution in [0.5, 0.6) is 5.88 Å². The Kier molecular flexibility index (Phi) is 3.92. The zero-order chi connectivity index (χ0) is 17.3. The van der Waals surface area contributed by atoms with Crippen LogP contribution in [0.4, 0.5) is 5.82 Å². The van der Waals surface area contributed by atoms with Crippen molar-refractivity contribution in [2.45, 2.75) is 31.6 Å². The Hall–Kier alpha value is -2.70. The lowest BCUT2D eigenvalue weighted by atomic mass is 9.97. The van der Waals surface area contributed by atoms with E-state index in [1.165, 1.54) is 12.8 Å². The molecule has 4 heterocycles. The van der Waals surface area contributed by atoms with Gasteiger partial charge in [-0.25, -0.2) is 9.97 Å². The third-order valence-corrected chi connectivity index (χ3v) is 5.37. The lowest BCUT2D eigenvalue weighted by Gasteiger charge is -2.32. The van der Waals surface area contributed by atoms with E-state index in [0.717, 1.165) is 48.5 Å². The van der Waals surface area contributed by atoms with E-state index < -0.39 is 0 Å². The molecule has 0 aromatic carbocycles. The van der Waals surface area contributed by atoms with Gasteiger partial charge in [0.25, 0.3) is 0 Å². The SMILES string of the molecule is c1nc(N2CCC(COc3ccc(C4CC4)nn3)CC2)c2cc[nH]c2n1. The molecule has 1 saturated carbocycles. The molecule has 5 rings (SSSR count). The Bertz CT molecular complexity index is 880. The van der Waals surface area contributed by atoms with Crippen LogP contribution in [-0.2, 0) is 0 Å². The quantitative estimate of drug-likeness (QED) is 0.762. The molecule has 0 radical (unpaired) electrons. The minimum absolute atomic E-state index is 0.541. The summed E-state index contributed by atoms with van der Waals surface area (Å²) in [6, 6.07) is 6.06. The summed E-state index contributed by atoms with van der Waals surface area (Å²) in [7, 11) is 0. The van der Waals surface area contributed by atoms with Crippen LogP contribution in [0.3, 0.4) is 0 Å². The van der Waals surface area contributed by atoms with Gasteiger partial charge in [0, 0.05) is 31.3 Å². The molecule has 1 saturated heterocycles. The Labute approximate surface area is 151 Å². The van der Waals surface area contributed by atoms with E-state index >= 15 is 0 Å². The van der Waals surface area contributed by atoms with Crippen molar-refractivity contribution in [3.8, 4) is 5.88 Å². The van der Waals surface area contributed by atoms with Gasteiger partial charge in [-0.15, -0.1) is 5.10 Å². The number of hydrogen-bond acceptors (Lipinski definition) is 6. The Morgan fingerprint density at radius 1 is 1.04 bits per heavy atom. The van der Waals surface area contributed by atoms with Crippen LogP contribution in [0, 0.1) is 5.92 Å². The molecule has 7 heteroatoms. The second-order valence-electron chi connectivity index (χ2n) is 7.25. The molecule has 1 aliphatic heterocycles. The smallest absolute Gasteiger partial charge is 0.233 e. The maximum atomic E-state index is 5.88. The van der Waals surface area contributed by atoms with Crippen molar-refractivity contribution >= 4 is 16.9 Å². The third kappa shape index (κ3) is 3.09. The second kappa shape index (κ2) is 6.55. The molecule has 3 aromatic rings. The number of nitrogens with one attached hydrogen (secondary N) is 1. The highest BCUT2D eigenvalue weighted by atomic mass is 16.5. The molecule has 0 spiro atoms. The zero-order valence-corrected chi connectivity index (χ0v) is 14.6. The molecule has 0 unspecified atom stereocenters. The van der Waals surface area contributed by atoms with Gasteiger partial charge in [-0.2, -0.15) is 5.10 Å². The highest BCUT2D eigenvalue weighted by Crippen LogP contribution is 2.38. The van der Waals surface area contributed by atoms with Crippen LogP contribution in [0.25, 0.3) is 11.0 Å². The molecule has 26 heavy (non-hydrogen) atoms. The number of anilines is 1. The average molecular weight is 350 g/mol. The van der Waals surface area contributed by atoms with Gasteiger partial charge < -0.3 is 14.6 Å². The predicted molar refractivity (Wildman–Crippen MR) is 98.3 cm³/mol. The summed E-state index contributed by atoms with van der Waals surface area (Å²) in [5, 5.41) is 9.58. The molecule has 2 aliphatic rings. The molecule has 1 N–H and O–H groups in total. The molecule has 3 aromatic heterocycles. The number of piperidine rings is 1. The number of hydrogen-bond donors (Lipinski definition) is 1. The summed E-state index contributed by atoms with van der Waals surface area (Å²) < 4.78 is 5.88. The number of fused-ring (bicyclic) bond motifs is 1. The first-order valence-electron chi connectivity index (χ1n) is 9.36. The van der Waals surface area contributed by atoms with Crippen LogP contribution >= 0.6 is 0 Å². The fourth-order valence-corrected chi connectivity index (χ4v) is 3.63. The van der Waals surface area contributed by atoms with Gasteiger partial charge in [0.15, 0.2) is 0 Å². The molecule has 2 fully saturated rings. The molecular formula is C19H22N6O. The molecular weight excluding hydrogens is 328 g/mol. The summed E-state index contributed by atoms with van der Waals surface area (Å²) in [5.41, 5.74) is 2.00. The van der Waals surface area contributed by atoms with Gasteiger partial charge in [0.2, 0.25) is 5.88 Å². The molecule has 0 bridgehead atoms. The van der Waals surface area contributed by atoms with E-state index in [-0.39, 0.29) is 0 Å². The first-order valence-corrected chi connectivity index (χ1v) is 9.36. The maximum Gasteiger partial charge on any atom is 0.233 e. The van der Waals surface area contributed by atoms with Crippen molar-refractivity contribution in [1.82, 2.24) is 25.1 Å². The maximum absolute atomic E-state index is 5.88. The predicted octanol–water partition coefficient (Wildman–Crippen LogP) is 2.92. The van der Waals surface area contributed by atoms with Gasteiger partial charge in [-0.3, -0.25) is 0 Å². The summed E-state index contributed by atoms with van der Waals surface area (Å²) in [6.45, 7) is 2.67. The highest BCUT2D eigenvalue weighted by molar-refractivity contribution is 5.87. The topological polar surface area (TPSA) is 79.8 Å². The van der Waals surface area contributed by atoms with Crippen molar-refractivity contribution in [1.29, 1.82) is 0 Å². The lowest BCUT2D eigenvalue weighted by molar-refractivity contribution is 0.214. The summed E-state index contributed by atoms with van der Waals surface area (Å²) in [6.07, 6.45) is 8.21. The number of H-pyrrole nitrogens is 1. The summed E-state index contributed by atoms with van der Waals surface area (Å²) in [4.78, 5) is 14.3. The van der Waals surface area contributed by atoms with Crippen molar-refractivity contribution in [2.75, 3.05) is 24.6 Å². The molecule has 1 aliphatic carbocycles. The van der Waals surface area contributed by atoms with Crippen molar-refractivity contribution in [2.24, 2.45) is 5.92 Å². The fraction of sp³-hybridized carbons (Fsp3) is 0.474. The van der Waals surface area contributed by atoms with E-state index in [9.17, 15) is 0 Å². The van der Waals surface area contributed by atoms with Crippen LogP contribution in [0.15, 0.2) is 30.7 Å². The summed E-state index contributed by atoms with van der Waals surface area (Å²) >= 11 is 0. The van der Waals surface area contributed by atoms with E-state index in [4.69, 9.17) is 4.74 Å². The molecule has 0 atom stereocenters. The van der Waals surface area contributed by atoms with Gasteiger partial charge in [-0.1, -0.05) is 0 Å². The van der Waals surface area contributed by atoms with Gasteiger partial charge in [0.05, 0.1) is 17.7 Å². The minimum atomic E-state index is 0.541. The van der Waals surface area contributed by atoms with Gasteiger partial charge >= 0.3 is 0 Å². The van der Waals surface area contributed by atoms with E-state index in [0.29, 0.717) is 24.3 Å². The lowest BCUT2D eigenvalue weighted by Crippen LogP contribution is -2.36. The van der Waals surface area contributed by atoms with Crippen LogP contribution in [-0.4, -0.2) is 44.8 Å². The molecule has 0 amide bonds. The minimum Gasteiger partial charge on any atom is -0.476 e. The third-order valence-electron chi connectivity index (χ3n) is 5.37. The normalized spacial score (nSPS) is 18.4. The first kappa shape index (κ1) is 15.5. The van der Waals surface area contributed by atoms with Crippen LogP contribution in [0.1, 0.15) is 37.3 Å². The number of aromatic amines is 1. The number of ether oxygens (including phenoxy) is 1. The number of nitrogens with zero attached hydrogens (tertiary/aromatic N) is 5. The highest BCUT2D eigenvalue weighted by Gasteiger charge is 2.25. The Balaban J connectivity index is 1.16. The summed E-state index contributed by atoms with van der Waals surface area (Å²) in [5.74, 6) is 2.84. The van der Waals surface area contributed by atoms with E-state index in [1.807, 2.05) is 18.3 Å². The van der Waals surface area contributed by atoms with E-state index in [1.54, 1.807) is 6.33 Å². The zero-order valence-electron chi connectivity index (χ0n) is 14.6. The first-order chi connectivity index (χ1) is 12.9. The number of aromatic nitrogens is 5. The average Bonchev–Trinajstić information content (AvgIpc) is 3.43. The largest absolute Gasteiger partial charge is 0.476 e. The van der Waals surface area contributed by atoms with Crippen molar-refractivity contribution in [3.05, 3.63) is 36.4 Å². The monoisotopic (exact) mass is 350 g/mol. The van der Waals surface area contributed by atoms with Gasteiger partial charge in [-0.05, 0) is 43.7 Å². The Morgan fingerprint density at radius 2 is 1.92 bits per heavy atom. The second-order valence-corrected chi connectivity index (χ2v) is 7.25. The molecule has 7 nitrogen and oxygen atoms in total. The van der Waals surface area contributed by atoms with Crippen LogP contribution in [0.2, 0.25) is 0 Å². The van der Waals surface area contributed by atoms with Crippen LogP contribution < -0.4 is 9.64 Å².